The van der Waals surface area contributed by atoms with Gasteiger partial charge in [-0.1, -0.05) is 0 Å². The largest absolute Gasteiger partial charge is 0.411 e. The van der Waals surface area contributed by atoms with Crippen molar-refractivity contribution in [1.29, 1.82) is 0 Å². The number of rotatable bonds is 5. The van der Waals surface area contributed by atoms with Gasteiger partial charge in [0.25, 0.3) is 0 Å². The molecule has 1 saturated carbocycles. The zero-order chi connectivity index (χ0) is 15.0. The van der Waals surface area contributed by atoms with Gasteiger partial charge in [-0.3, -0.25) is 4.90 Å². The molecule has 2 rings (SSSR count). The molecule has 1 atom stereocenters. The molecule has 2 fully saturated rings. The number of piperazine rings is 1. The number of alkyl halides is 3. The van der Waals surface area contributed by atoms with Crippen LogP contribution < -0.4 is 5.32 Å². The van der Waals surface area contributed by atoms with Crippen LogP contribution in [-0.4, -0.2) is 55.0 Å². The second-order valence-corrected chi connectivity index (χ2v) is 6.96. The first-order valence-corrected chi connectivity index (χ1v) is 7.27. The first-order valence-electron chi connectivity index (χ1n) is 7.27. The number of halogens is 3. The first-order chi connectivity index (χ1) is 9.12. The van der Waals surface area contributed by atoms with E-state index in [9.17, 15) is 13.2 Å². The van der Waals surface area contributed by atoms with Crippen LogP contribution in [0.5, 0.6) is 0 Å². The molecule has 20 heavy (non-hydrogen) atoms. The van der Waals surface area contributed by atoms with E-state index >= 15 is 0 Å². The maximum Gasteiger partial charge on any atom is 0.411 e. The molecule has 118 valence electrons. The molecule has 0 spiro atoms. The molecule has 0 aromatic rings. The number of nitrogens with one attached hydrogen (secondary N) is 1. The molecule has 0 amide bonds. The maximum absolute atomic E-state index is 12.1. The van der Waals surface area contributed by atoms with E-state index < -0.39 is 12.8 Å². The Hall–Kier alpha value is -0.330. The van der Waals surface area contributed by atoms with Gasteiger partial charge in [0.05, 0.1) is 6.61 Å². The fourth-order valence-corrected chi connectivity index (χ4v) is 3.05. The van der Waals surface area contributed by atoms with Crippen LogP contribution in [0, 0.1) is 5.92 Å². The van der Waals surface area contributed by atoms with Crippen molar-refractivity contribution in [2.75, 3.05) is 32.8 Å². The van der Waals surface area contributed by atoms with E-state index in [1.807, 2.05) is 0 Å². The Bertz CT molecular complexity index is 342. The molecule has 0 bridgehead atoms. The Morgan fingerprint density at radius 3 is 2.45 bits per heavy atom. The number of hydrogen-bond donors (Lipinski definition) is 1. The Balaban J connectivity index is 1.87. The van der Waals surface area contributed by atoms with Crippen LogP contribution in [0.4, 0.5) is 13.2 Å². The SMILES string of the molecule is CC1(C)CN(CCOCC(F)(F)F)C(C)(C2CC2)CN1. The van der Waals surface area contributed by atoms with Crippen molar-refractivity contribution in [2.45, 2.75) is 50.9 Å². The van der Waals surface area contributed by atoms with Crippen molar-refractivity contribution in [3.05, 3.63) is 0 Å². The minimum Gasteiger partial charge on any atom is -0.371 e. The van der Waals surface area contributed by atoms with Crippen LogP contribution in [0.1, 0.15) is 33.6 Å². The molecule has 1 aliphatic heterocycles. The average Bonchev–Trinajstić information content (AvgIpc) is 3.12. The lowest BCUT2D eigenvalue weighted by Gasteiger charge is -2.51. The van der Waals surface area contributed by atoms with Gasteiger partial charge in [-0.05, 0) is 39.5 Å². The van der Waals surface area contributed by atoms with E-state index in [0.717, 1.165) is 13.1 Å². The Morgan fingerprint density at radius 2 is 1.90 bits per heavy atom. The smallest absolute Gasteiger partial charge is 0.371 e. The standard InChI is InChI=1S/C14H25F3N2O/c1-12(2)9-19(6-7-20-10-14(15,16)17)13(3,8-18-12)11-4-5-11/h11,18H,4-10H2,1-3H3. The molecule has 2 aliphatic rings. The third-order valence-electron chi connectivity index (χ3n) is 4.46. The van der Waals surface area contributed by atoms with Crippen molar-refractivity contribution < 1.29 is 17.9 Å². The lowest BCUT2D eigenvalue weighted by molar-refractivity contribution is -0.176. The summed E-state index contributed by atoms with van der Waals surface area (Å²) in [7, 11) is 0. The van der Waals surface area contributed by atoms with Gasteiger partial charge in [-0.15, -0.1) is 0 Å². The molecular weight excluding hydrogens is 269 g/mol. The van der Waals surface area contributed by atoms with Crippen LogP contribution in [0.3, 0.4) is 0 Å². The van der Waals surface area contributed by atoms with Crippen molar-refractivity contribution >= 4 is 0 Å². The van der Waals surface area contributed by atoms with Gasteiger partial charge in [0.2, 0.25) is 0 Å². The van der Waals surface area contributed by atoms with E-state index in [0.29, 0.717) is 12.5 Å². The molecule has 1 heterocycles. The van der Waals surface area contributed by atoms with Gasteiger partial charge in [0.1, 0.15) is 6.61 Å². The lowest BCUT2D eigenvalue weighted by atomic mass is 9.86. The van der Waals surface area contributed by atoms with Crippen molar-refractivity contribution in [3.8, 4) is 0 Å². The highest BCUT2D eigenvalue weighted by molar-refractivity contribution is 5.06. The fourth-order valence-electron chi connectivity index (χ4n) is 3.05. The molecule has 1 saturated heterocycles. The fraction of sp³-hybridized carbons (Fsp3) is 1.00. The molecule has 0 aromatic carbocycles. The van der Waals surface area contributed by atoms with Crippen molar-refractivity contribution in [3.63, 3.8) is 0 Å². The van der Waals surface area contributed by atoms with Crippen LogP contribution in [0.25, 0.3) is 0 Å². The molecular formula is C14H25F3N2O. The summed E-state index contributed by atoms with van der Waals surface area (Å²) in [5, 5.41) is 3.55. The number of nitrogens with zero attached hydrogens (tertiary/aromatic N) is 1. The minimum absolute atomic E-state index is 0.00156. The summed E-state index contributed by atoms with van der Waals surface area (Å²) in [5.41, 5.74) is 0.0511. The Labute approximate surface area is 118 Å². The van der Waals surface area contributed by atoms with Gasteiger partial charge < -0.3 is 10.1 Å². The highest BCUT2D eigenvalue weighted by Crippen LogP contribution is 2.44. The predicted octanol–water partition coefficient (Wildman–Crippen LogP) is 2.42. The average molecular weight is 294 g/mol. The van der Waals surface area contributed by atoms with Crippen LogP contribution in [0.15, 0.2) is 0 Å². The molecule has 1 unspecified atom stereocenters. The normalized spacial score (nSPS) is 31.5. The summed E-state index contributed by atoms with van der Waals surface area (Å²) >= 11 is 0. The number of ether oxygens (including phenoxy) is 1. The zero-order valence-corrected chi connectivity index (χ0v) is 12.5. The minimum atomic E-state index is -4.23. The summed E-state index contributed by atoms with van der Waals surface area (Å²) in [6.07, 6.45) is -1.79. The van der Waals surface area contributed by atoms with Gasteiger partial charge in [0.15, 0.2) is 0 Å². The summed E-state index contributed by atoms with van der Waals surface area (Å²) in [5.74, 6) is 0.661. The van der Waals surface area contributed by atoms with Crippen LogP contribution in [-0.2, 0) is 4.74 Å². The molecule has 1 N–H and O–H groups in total. The van der Waals surface area contributed by atoms with Gasteiger partial charge in [-0.25, -0.2) is 0 Å². The van der Waals surface area contributed by atoms with Gasteiger partial charge in [-0.2, -0.15) is 13.2 Å². The first kappa shape index (κ1) is 16.0. The van der Waals surface area contributed by atoms with Gasteiger partial charge >= 0.3 is 6.18 Å². The molecule has 1 aliphatic carbocycles. The van der Waals surface area contributed by atoms with E-state index in [2.05, 4.69) is 31.0 Å². The van der Waals surface area contributed by atoms with E-state index in [-0.39, 0.29) is 17.7 Å². The predicted molar refractivity (Wildman–Crippen MR) is 71.7 cm³/mol. The lowest BCUT2D eigenvalue weighted by Crippen LogP contribution is -2.68. The van der Waals surface area contributed by atoms with Crippen LogP contribution in [0.2, 0.25) is 0 Å². The van der Waals surface area contributed by atoms with E-state index in [1.165, 1.54) is 12.8 Å². The zero-order valence-electron chi connectivity index (χ0n) is 12.5. The highest BCUT2D eigenvalue weighted by atomic mass is 19.4. The Kier molecular flexibility index (Phi) is 4.38. The summed E-state index contributed by atoms with van der Waals surface area (Å²) in [6.45, 7) is 7.76. The third kappa shape index (κ3) is 4.09. The van der Waals surface area contributed by atoms with Gasteiger partial charge in [0, 0.05) is 30.7 Å². The topological polar surface area (TPSA) is 24.5 Å². The second kappa shape index (κ2) is 5.46. The monoisotopic (exact) mass is 294 g/mol. The van der Waals surface area contributed by atoms with Crippen molar-refractivity contribution in [1.82, 2.24) is 10.2 Å². The third-order valence-corrected chi connectivity index (χ3v) is 4.46. The molecule has 0 aromatic heterocycles. The molecule has 3 nitrogen and oxygen atoms in total. The number of hydrogen-bond acceptors (Lipinski definition) is 3. The van der Waals surface area contributed by atoms with Crippen molar-refractivity contribution in [2.24, 2.45) is 5.92 Å². The highest BCUT2D eigenvalue weighted by Gasteiger charge is 2.49. The summed E-state index contributed by atoms with van der Waals surface area (Å²) in [4.78, 5) is 2.32. The molecule has 0 radical (unpaired) electrons. The quantitative estimate of drug-likeness (QED) is 0.788. The Morgan fingerprint density at radius 1 is 1.25 bits per heavy atom. The van der Waals surface area contributed by atoms with Crippen LogP contribution >= 0.6 is 0 Å². The van der Waals surface area contributed by atoms with E-state index in [1.54, 1.807) is 0 Å². The van der Waals surface area contributed by atoms with E-state index in [4.69, 9.17) is 4.74 Å². The molecule has 6 heteroatoms. The second-order valence-electron chi connectivity index (χ2n) is 6.96. The summed E-state index contributed by atoms with van der Waals surface area (Å²) < 4.78 is 41.0. The maximum atomic E-state index is 12.1. The summed E-state index contributed by atoms with van der Waals surface area (Å²) in [6, 6.07) is 0.